The van der Waals surface area contributed by atoms with Crippen LogP contribution in [-0.4, -0.2) is 50.4 Å². The van der Waals surface area contributed by atoms with Gasteiger partial charge in [-0.25, -0.2) is 4.98 Å². The largest absolute Gasteiger partial charge is 0.458 e. The highest BCUT2D eigenvalue weighted by Crippen LogP contribution is 2.58. The van der Waals surface area contributed by atoms with Gasteiger partial charge in [0.25, 0.3) is 0 Å². The van der Waals surface area contributed by atoms with Gasteiger partial charge in [-0.1, -0.05) is 46.8 Å². The minimum absolute atomic E-state index is 0.0802. The number of carbonyl (C=O) groups excluding carboxylic acids is 2. The number of thiazole rings is 1. The summed E-state index contributed by atoms with van der Waals surface area (Å²) < 4.78 is 5.90. The molecule has 3 N–H and O–H groups in total. The lowest BCUT2D eigenvalue weighted by molar-refractivity contribution is -0.154. The number of ketones is 1. The molecule has 2 unspecified atom stereocenters. The zero-order chi connectivity index (χ0) is 26.8. The summed E-state index contributed by atoms with van der Waals surface area (Å²) in [7, 11) is 0. The molecule has 1 aromatic rings. The second kappa shape index (κ2) is 11.3. The van der Waals surface area contributed by atoms with Crippen LogP contribution in [0.15, 0.2) is 23.1 Å². The van der Waals surface area contributed by atoms with Crippen molar-refractivity contribution in [2.75, 3.05) is 0 Å². The number of aromatic nitrogens is 1. The SMILES string of the molecule is CC(=Cc1csc(CO)n1)[C@@H]1CC2CC2(C)CC=C[C@H](C)[C@H](O)[C@@H](C)C(=O)C(C)(C)[C@@H](O)CC(=O)O1. The molecule has 0 amide bonds. The molecule has 0 bridgehead atoms. The molecular weight excluding hydrogens is 478 g/mol. The second-order valence-corrected chi connectivity index (χ2v) is 12.5. The monoisotopic (exact) mass is 519 g/mol. The van der Waals surface area contributed by atoms with E-state index >= 15 is 0 Å². The maximum atomic E-state index is 13.2. The normalized spacial score (nSPS) is 36.3. The third-order valence-corrected chi connectivity index (χ3v) is 9.07. The van der Waals surface area contributed by atoms with E-state index in [1.165, 1.54) is 11.3 Å². The second-order valence-electron chi connectivity index (χ2n) is 11.6. The highest BCUT2D eigenvalue weighted by atomic mass is 32.1. The first-order chi connectivity index (χ1) is 16.8. The van der Waals surface area contributed by atoms with Crippen LogP contribution in [0.3, 0.4) is 0 Å². The van der Waals surface area contributed by atoms with Gasteiger partial charge in [0.2, 0.25) is 0 Å². The Morgan fingerprint density at radius 3 is 2.58 bits per heavy atom. The third kappa shape index (κ3) is 6.52. The van der Waals surface area contributed by atoms with Crippen molar-refractivity contribution in [3.8, 4) is 0 Å². The molecule has 2 heterocycles. The average Bonchev–Trinajstić information content (AvgIpc) is 3.23. The predicted octanol–water partition coefficient (Wildman–Crippen LogP) is 4.31. The number of aliphatic hydroxyl groups is 3. The molecule has 0 saturated heterocycles. The van der Waals surface area contributed by atoms with Gasteiger partial charge in [-0.3, -0.25) is 9.59 Å². The number of carbonyl (C=O) groups is 2. The highest BCUT2D eigenvalue weighted by molar-refractivity contribution is 7.09. The molecule has 7 atom stereocenters. The van der Waals surface area contributed by atoms with E-state index < -0.39 is 35.6 Å². The molecular formula is C28H41NO6S. The van der Waals surface area contributed by atoms with Crippen LogP contribution < -0.4 is 0 Å². The lowest BCUT2D eigenvalue weighted by Crippen LogP contribution is -2.45. The Labute approximate surface area is 218 Å². The molecule has 7 nitrogen and oxygen atoms in total. The fraction of sp³-hybridized carbons (Fsp3) is 0.679. The van der Waals surface area contributed by atoms with Crippen molar-refractivity contribution in [3.05, 3.63) is 33.8 Å². The Kier molecular flexibility index (Phi) is 8.97. The minimum atomic E-state index is -1.24. The molecule has 1 aliphatic carbocycles. The number of nitrogens with zero attached hydrogens (tertiary/aromatic N) is 1. The Balaban J connectivity index is 1.89. The number of ether oxygens (including phenoxy) is 1. The Morgan fingerprint density at radius 1 is 1.25 bits per heavy atom. The number of hydrogen-bond acceptors (Lipinski definition) is 8. The molecule has 2 aliphatic rings. The Bertz CT molecular complexity index is 1010. The molecule has 1 aromatic heterocycles. The molecule has 0 aromatic carbocycles. The number of hydrogen-bond donors (Lipinski definition) is 3. The number of Topliss-reactive ketones (excluding diaryl/α,β-unsaturated/α-hetero) is 1. The van der Waals surface area contributed by atoms with Crippen molar-refractivity contribution in [2.24, 2.45) is 28.6 Å². The topological polar surface area (TPSA) is 117 Å². The zero-order valence-corrected chi connectivity index (χ0v) is 23.0. The van der Waals surface area contributed by atoms with Crippen LogP contribution in [0.2, 0.25) is 0 Å². The lowest BCUT2D eigenvalue weighted by Gasteiger charge is -2.34. The fourth-order valence-electron chi connectivity index (χ4n) is 5.14. The van der Waals surface area contributed by atoms with Crippen molar-refractivity contribution in [3.63, 3.8) is 0 Å². The van der Waals surface area contributed by atoms with Crippen molar-refractivity contribution in [2.45, 2.75) is 92.1 Å². The maximum absolute atomic E-state index is 13.2. The molecule has 1 saturated carbocycles. The number of allylic oxidation sites excluding steroid dienone is 1. The number of cyclic esters (lactones) is 1. The first-order valence-corrected chi connectivity index (χ1v) is 13.7. The van der Waals surface area contributed by atoms with E-state index in [1.807, 2.05) is 31.4 Å². The van der Waals surface area contributed by atoms with Gasteiger partial charge in [0.05, 0.1) is 36.3 Å². The molecule has 1 fully saturated rings. The summed E-state index contributed by atoms with van der Waals surface area (Å²) in [6.45, 7) is 10.8. The summed E-state index contributed by atoms with van der Waals surface area (Å²) in [5, 5.41) is 33.5. The molecule has 36 heavy (non-hydrogen) atoms. The first-order valence-electron chi connectivity index (χ1n) is 12.8. The smallest absolute Gasteiger partial charge is 0.309 e. The maximum Gasteiger partial charge on any atom is 0.309 e. The summed E-state index contributed by atoms with van der Waals surface area (Å²) >= 11 is 1.37. The van der Waals surface area contributed by atoms with Gasteiger partial charge in [-0.2, -0.15) is 0 Å². The summed E-state index contributed by atoms with van der Waals surface area (Å²) in [6, 6.07) is 0. The van der Waals surface area contributed by atoms with Crippen LogP contribution >= 0.6 is 11.3 Å². The summed E-state index contributed by atoms with van der Waals surface area (Å²) in [5.74, 6) is -1.39. The van der Waals surface area contributed by atoms with E-state index in [1.54, 1.807) is 20.8 Å². The third-order valence-electron chi connectivity index (χ3n) is 8.22. The lowest BCUT2D eigenvalue weighted by atomic mass is 9.73. The van der Waals surface area contributed by atoms with Crippen LogP contribution in [0.25, 0.3) is 6.08 Å². The quantitative estimate of drug-likeness (QED) is 0.402. The van der Waals surface area contributed by atoms with Gasteiger partial charge < -0.3 is 20.1 Å². The van der Waals surface area contributed by atoms with E-state index in [9.17, 15) is 24.9 Å². The Morgan fingerprint density at radius 2 is 1.94 bits per heavy atom. The Hall–Kier alpha value is -1.87. The van der Waals surface area contributed by atoms with Gasteiger partial charge in [-0.15, -0.1) is 11.3 Å². The molecule has 200 valence electrons. The van der Waals surface area contributed by atoms with Crippen LogP contribution in [0.5, 0.6) is 0 Å². The van der Waals surface area contributed by atoms with E-state index in [0.29, 0.717) is 23.0 Å². The van der Waals surface area contributed by atoms with Crippen LogP contribution in [0.4, 0.5) is 0 Å². The van der Waals surface area contributed by atoms with Crippen molar-refractivity contribution in [1.29, 1.82) is 0 Å². The molecule has 8 heteroatoms. The van der Waals surface area contributed by atoms with Gasteiger partial charge in [0.1, 0.15) is 16.9 Å². The summed E-state index contributed by atoms with van der Waals surface area (Å²) in [4.78, 5) is 30.6. The van der Waals surface area contributed by atoms with E-state index in [-0.39, 0.29) is 30.1 Å². The van der Waals surface area contributed by atoms with Gasteiger partial charge in [0, 0.05) is 17.2 Å². The number of esters is 1. The summed E-state index contributed by atoms with van der Waals surface area (Å²) in [6.07, 6.45) is 5.54. The van der Waals surface area contributed by atoms with Crippen LogP contribution in [0.1, 0.15) is 77.9 Å². The fourth-order valence-corrected chi connectivity index (χ4v) is 5.75. The van der Waals surface area contributed by atoms with E-state index in [0.717, 1.165) is 18.4 Å². The van der Waals surface area contributed by atoms with E-state index in [4.69, 9.17) is 4.74 Å². The molecule has 0 radical (unpaired) electrons. The standard InChI is InChI=1S/C28H41NO6S/c1-16-8-7-9-28(6)13-19(28)11-21(17(2)10-20-15-36-23(14-30)29-20)35-24(32)12-22(31)27(4,5)26(34)18(3)25(16)33/h7-8,10,15-16,18-19,21-22,25,30-31,33H,9,11-14H2,1-6H3/t16-,18+,19?,21-,22-,25-,28?/m0/s1. The number of aliphatic hydroxyl groups excluding tert-OH is 3. The molecule has 0 spiro atoms. The zero-order valence-electron chi connectivity index (χ0n) is 22.2. The van der Waals surface area contributed by atoms with Crippen LogP contribution in [-0.2, 0) is 20.9 Å². The minimum Gasteiger partial charge on any atom is -0.458 e. The van der Waals surface area contributed by atoms with Crippen molar-refractivity contribution in [1.82, 2.24) is 4.98 Å². The number of fused-ring (bicyclic) bond motifs is 1. The number of rotatable bonds is 3. The average molecular weight is 520 g/mol. The van der Waals surface area contributed by atoms with Crippen molar-refractivity contribution >= 4 is 29.2 Å². The predicted molar refractivity (Wildman–Crippen MR) is 140 cm³/mol. The van der Waals surface area contributed by atoms with Crippen LogP contribution in [0, 0.1) is 28.6 Å². The van der Waals surface area contributed by atoms with Gasteiger partial charge >= 0.3 is 5.97 Å². The van der Waals surface area contributed by atoms with Crippen molar-refractivity contribution < 1.29 is 29.6 Å². The highest BCUT2D eigenvalue weighted by Gasteiger charge is 2.50. The summed E-state index contributed by atoms with van der Waals surface area (Å²) in [5.41, 5.74) is 0.409. The van der Waals surface area contributed by atoms with Gasteiger partial charge in [-0.05, 0) is 49.2 Å². The first kappa shape index (κ1) is 28.7. The van der Waals surface area contributed by atoms with Gasteiger partial charge in [0.15, 0.2) is 0 Å². The molecule has 1 aliphatic heterocycles. The van der Waals surface area contributed by atoms with E-state index in [2.05, 4.69) is 18.0 Å². The molecule has 3 rings (SSSR count).